The molecule has 0 saturated carbocycles. The molecular weight excluding hydrogens is 246 g/mol. The Hall–Kier alpha value is -0.590. The zero-order valence-corrected chi connectivity index (χ0v) is 14.3. The molecule has 0 aromatic carbocycles. The van der Waals surface area contributed by atoms with E-state index in [4.69, 9.17) is 0 Å². The molecule has 0 saturated heterocycles. The maximum atomic E-state index is 9.43. The lowest BCUT2D eigenvalue weighted by atomic mass is 9.91. The summed E-state index contributed by atoms with van der Waals surface area (Å²) in [5.41, 5.74) is -0.316. The van der Waals surface area contributed by atoms with Crippen LogP contribution in [0, 0.1) is 17.2 Å². The molecule has 0 bridgehead atoms. The minimum absolute atomic E-state index is 0.316. The molecule has 0 aliphatic heterocycles. The van der Waals surface area contributed by atoms with E-state index >= 15 is 0 Å². The number of hydrogen-bond acceptors (Lipinski definition) is 3. The van der Waals surface area contributed by atoms with E-state index in [1.165, 1.54) is 19.4 Å². The second-order valence-corrected chi connectivity index (χ2v) is 5.76. The number of hydrogen-bond donors (Lipinski definition) is 1. The topological polar surface area (TPSA) is 39.1 Å². The first-order chi connectivity index (χ1) is 9.61. The molecule has 20 heavy (non-hydrogen) atoms. The van der Waals surface area contributed by atoms with Gasteiger partial charge in [-0.1, -0.05) is 47.5 Å². The van der Waals surface area contributed by atoms with Gasteiger partial charge in [0.2, 0.25) is 0 Å². The van der Waals surface area contributed by atoms with E-state index in [1.807, 2.05) is 0 Å². The summed E-state index contributed by atoms with van der Waals surface area (Å²) in [5.74, 6) is 0.815. The van der Waals surface area contributed by atoms with Crippen LogP contribution in [-0.2, 0) is 0 Å². The van der Waals surface area contributed by atoms with Crippen LogP contribution < -0.4 is 5.32 Å². The standard InChI is InChI=1S/C17H35N3/c1-6-16(7-2)14-20(10-5)13-11-12-17(8-3,15-18)19-9-4/h16,19H,6-14H2,1-5H3. The Kier molecular flexibility index (Phi) is 10.8. The number of nitriles is 1. The van der Waals surface area contributed by atoms with E-state index in [-0.39, 0.29) is 5.54 Å². The highest BCUT2D eigenvalue weighted by Crippen LogP contribution is 2.17. The van der Waals surface area contributed by atoms with Crippen molar-refractivity contribution in [2.24, 2.45) is 5.92 Å². The van der Waals surface area contributed by atoms with Gasteiger partial charge in [-0.05, 0) is 44.8 Å². The maximum absolute atomic E-state index is 9.43. The summed E-state index contributed by atoms with van der Waals surface area (Å²) >= 11 is 0. The van der Waals surface area contributed by atoms with E-state index in [9.17, 15) is 5.26 Å². The number of nitrogens with zero attached hydrogens (tertiary/aromatic N) is 2. The van der Waals surface area contributed by atoms with Crippen molar-refractivity contribution >= 4 is 0 Å². The average Bonchev–Trinajstić information content (AvgIpc) is 2.49. The SMILES string of the molecule is CCNC(C#N)(CC)CCCN(CC)CC(CC)CC. The van der Waals surface area contributed by atoms with Crippen LogP contribution in [-0.4, -0.2) is 36.6 Å². The molecular formula is C17H35N3. The van der Waals surface area contributed by atoms with Crippen LogP contribution in [0.2, 0.25) is 0 Å². The van der Waals surface area contributed by atoms with Gasteiger partial charge >= 0.3 is 0 Å². The Balaban J connectivity index is 4.26. The zero-order valence-electron chi connectivity index (χ0n) is 14.3. The molecule has 0 aromatic heterocycles. The van der Waals surface area contributed by atoms with Gasteiger partial charge in [0.05, 0.1) is 6.07 Å². The van der Waals surface area contributed by atoms with Crippen molar-refractivity contribution in [1.29, 1.82) is 5.26 Å². The molecule has 0 heterocycles. The highest BCUT2D eigenvalue weighted by atomic mass is 15.1. The number of nitrogens with one attached hydrogen (secondary N) is 1. The molecule has 3 heteroatoms. The molecule has 0 aliphatic rings. The highest BCUT2D eigenvalue weighted by molar-refractivity contribution is 5.05. The fourth-order valence-electron chi connectivity index (χ4n) is 2.80. The second-order valence-electron chi connectivity index (χ2n) is 5.76. The molecule has 3 nitrogen and oxygen atoms in total. The van der Waals surface area contributed by atoms with Crippen LogP contribution in [0.1, 0.15) is 66.7 Å². The predicted molar refractivity (Wildman–Crippen MR) is 87.7 cm³/mol. The smallest absolute Gasteiger partial charge is 0.106 e. The van der Waals surface area contributed by atoms with Gasteiger partial charge in [-0.2, -0.15) is 5.26 Å². The van der Waals surface area contributed by atoms with Gasteiger partial charge in [-0.3, -0.25) is 5.32 Å². The number of rotatable bonds is 12. The Morgan fingerprint density at radius 3 is 2.20 bits per heavy atom. The zero-order chi connectivity index (χ0) is 15.4. The molecule has 1 N–H and O–H groups in total. The quantitative estimate of drug-likeness (QED) is 0.591. The van der Waals surface area contributed by atoms with Crippen molar-refractivity contribution in [2.75, 3.05) is 26.2 Å². The van der Waals surface area contributed by atoms with Crippen LogP contribution in [0.3, 0.4) is 0 Å². The van der Waals surface area contributed by atoms with Crippen molar-refractivity contribution in [1.82, 2.24) is 10.2 Å². The van der Waals surface area contributed by atoms with E-state index in [1.54, 1.807) is 0 Å². The summed E-state index contributed by atoms with van der Waals surface area (Å²) < 4.78 is 0. The van der Waals surface area contributed by atoms with E-state index in [2.05, 4.69) is 50.9 Å². The van der Waals surface area contributed by atoms with Gasteiger partial charge in [-0.25, -0.2) is 0 Å². The summed E-state index contributed by atoms with van der Waals surface area (Å²) in [6.07, 6.45) is 5.47. The first-order valence-electron chi connectivity index (χ1n) is 8.49. The van der Waals surface area contributed by atoms with Crippen molar-refractivity contribution in [2.45, 2.75) is 72.3 Å². The van der Waals surface area contributed by atoms with Crippen molar-refractivity contribution in [3.63, 3.8) is 0 Å². The van der Waals surface area contributed by atoms with Crippen molar-refractivity contribution in [3.8, 4) is 6.07 Å². The summed E-state index contributed by atoms with van der Waals surface area (Å²) in [7, 11) is 0. The Morgan fingerprint density at radius 1 is 1.15 bits per heavy atom. The summed E-state index contributed by atoms with van der Waals surface area (Å²) in [4.78, 5) is 2.54. The average molecular weight is 281 g/mol. The molecule has 0 aliphatic carbocycles. The van der Waals surface area contributed by atoms with Gasteiger partial charge in [-0.15, -0.1) is 0 Å². The fourth-order valence-corrected chi connectivity index (χ4v) is 2.80. The molecule has 0 rings (SSSR count). The highest BCUT2D eigenvalue weighted by Gasteiger charge is 2.26. The third-order valence-electron chi connectivity index (χ3n) is 4.53. The first-order valence-corrected chi connectivity index (χ1v) is 8.49. The van der Waals surface area contributed by atoms with E-state index in [0.717, 1.165) is 44.8 Å². The van der Waals surface area contributed by atoms with Crippen LogP contribution in [0.15, 0.2) is 0 Å². The summed E-state index contributed by atoms with van der Waals surface area (Å²) in [6.45, 7) is 15.3. The third kappa shape index (κ3) is 6.72. The largest absolute Gasteiger partial charge is 0.303 e. The van der Waals surface area contributed by atoms with Crippen molar-refractivity contribution in [3.05, 3.63) is 0 Å². The predicted octanol–water partition coefficient (Wildman–Crippen LogP) is 3.81. The maximum Gasteiger partial charge on any atom is 0.106 e. The van der Waals surface area contributed by atoms with Gasteiger partial charge in [0.25, 0.3) is 0 Å². The molecule has 0 amide bonds. The Labute approximate surface area is 126 Å². The molecule has 118 valence electrons. The van der Waals surface area contributed by atoms with Crippen LogP contribution in [0.4, 0.5) is 0 Å². The first kappa shape index (κ1) is 19.4. The second kappa shape index (κ2) is 11.1. The van der Waals surface area contributed by atoms with E-state index < -0.39 is 0 Å². The third-order valence-corrected chi connectivity index (χ3v) is 4.53. The molecule has 0 aromatic rings. The molecule has 0 fully saturated rings. The van der Waals surface area contributed by atoms with Gasteiger partial charge in [0, 0.05) is 6.54 Å². The lowest BCUT2D eigenvalue weighted by Crippen LogP contribution is -2.44. The van der Waals surface area contributed by atoms with Gasteiger partial charge in [0.15, 0.2) is 0 Å². The fraction of sp³-hybridized carbons (Fsp3) is 0.941. The molecule has 1 atom stereocenters. The minimum Gasteiger partial charge on any atom is -0.303 e. The van der Waals surface area contributed by atoms with Gasteiger partial charge in [0.1, 0.15) is 5.54 Å². The normalized spacial score (nSPS) is 14.5. The van der Waals surface area contributed by atoms with Crippen molar-refractivity contribution < 1.29 is 0 Å². The Bertz CT molecular complexity index is 268. The van der Waals surface area contributed by atoms with Crippen LogP contribution in [0.5, 0.6) is 0 Å². The molecule has 0 spiro atoms. The van der Waals surface area contributed by atoms with E-state index in [0.29, 0.717) is 0 Å². The lowest BCUT2D eigenvalue weighted by molar-refractivity contribution is 0.221. The lowest BCUT2D eigenvalue weighted by Gasteiger charge is -2.29. The molecule has 1 unspecified atom stereocenters. The summed E-state index contributed by atoms with van der Waals surface area (Å²) in [5, 5.41) is 12.8. The van der Waals surface area contributed by atoms with Crippen LogP contribution in [0.25, 0.3) is 0 Å². The molecule has 0 radical (unpaired) electrons. The summed E-state index contributed by atoms with van der Waals surface area (Å²) in [6, 6.07) is 2.49. The van der Waals surface area contributed by atoms with Crippen LogP contribution >= 0.6 is 0 Å². The minimum atomic E-state index is -0.316. The van der Waals surface area contributed by atoms with Gasteiger partial charge < -0.3 is 4.90 Å². The Morgan fingerprint density at radius 2 is 1.80 bits per heavy atom. The monoisotopic (exact) mass is 281 g/mol.